The molecule has 0 spiro atoms. The van der Waals surface area contributed by atoms with E-state index in [4.69, 9.17) is 0 Å². The van der Waals surface area contributed by atoms with Gasteiger partial charge in [-0.1, -0.05) is 128 Å². The lowest BCUT2D eigenvalue weighted by Crippen LogP contribution is -2.61. The van der Waals surface area contributed by atoms with Crippen LogP contribution in [0.1, 0.15) is 49.1 Å². The molecule has 0 amide bonds. The fourth-order valence-electron chi connectivity index (χ4n) is 9.85. The van der Waals surface area contributed by atoms with E-state index in [9.17, 15) is 0 Å². The molecule has 0 aromatic heterocycles. The molecule has 11 rings (SSSR count). The zero-order valence-corrected chi connectivity index (χ0v) is 30.7. The summed E-state index contributed by atoms with van der Waals surface area (Å²) in [4.78, 5) is 5.12. The number of hydrogen-bond donors (Lipinski definition) is 0. The van der Waals surface area contributed by atoms with E-state index in [0.29, 0.717) is 5.92 Å². The molecule has 0 unspecified atom stereocenters. The Hall–Kier alpha value is -6.06. The molecule has 0 atom stereocenters. The van der Waals surface area contributed by atoms with Crippen molar-refractivity contribution in [2.24, 2.45) is 0 Å². The van der Waals surface area contributed by atoms with Crippen LogP contribution < -0.4 is 26.2 Å². The molecule has 1 aliphatic carbocycles. The van der Waals surface area contributed by atoms with Crippen LogP contribution in [-0.4, -0.2) is 6.71 Å². The van der Waals surface area contributed by atoms with Crippen LogP contribution in [0.2, 0.25) is 0 Å². The van der Waals surface area contributed by atoms with Gasteiger partial charge in [-0.15, -0.1) is 0 Å². The molecule has 54 heavy (non-hydrogen) atoms. The Morgan fingerprint density at radius 1 is 0.481 bits per heavy atom. The second-order valence-electron chi connectivity index (χ2n) is 15.6. The molecule has 2 heterocycles. The summed E-state index contributed by atoms with van der Waals surface area (Å²) in [6.45, 7) is 2.32. The van der Waals surface area contributed by atoms with Crippen molar-refractivity contribution in [2.45, 2.75) is 44.9 Å². The van der Waals surface area contributed by atoms with Gasteiger partial charge in [0.05, 0.1) is 0 Å². The van der Waals surface area contributed by atoms with Gasteiger partial charge in [0.15, 0.2) is 0 Å². The minimum Gasteiger partial charge on any atom is -0.311 e. The molecule has 1 saturated carbocycles. The standard InChI is InChI=1S/C51H41BN2/c1-34-22-26-41(27-23-34)53-47-20-9-7-18-45(47)52-46-19-8-10-21-48(46)54(50-33-40(32-49(53)51(50)52)35-12-3-2-4-13-35)42-28-24-36(25-29-42)43-17-11-16-39-30-37-14-5-6-15-38(37)31-44(39)43/h5-11,14-33,35H,2-4,12-13H2,1H3. The van der Waals surface area contributed by atoms with Gasteiger partial charge >= 0.3 is 0 Å². The van der Waals surface area contributed by atoms with E-state index in [1.807, 2.05) is 0 Å². The fraction of sp³-hybridized carbons (Fsp3) is 0.137. The molecule has 8 aromatic carbocycles. The minimum atomic E-state index is 0.144. The summed E-state index contributed by atoms with van der Waals surface area (Å²) in [5.41, 5.74) is 17.0. The van der Waals surface area contributed by atoms with E-state index in [1.165, 1.54) is 126 Å². The fourth-order valence-corrected chi connectivity index (χ4v) is 9.85. The van der Waals surface area contributed by atoms with Gasteiger partial charge in [-0.3, -0.25) is 0 Å². The van der Waals surface area contributed by atoms with Gasteiger partial charge in [-0.2, -0.15) is 0 Å². The molecule has 0 N–H and O–H groups in total. The highest BCUT2D eigenvalue weighted by molar-refractivity contribution is 7.00. The molecule has 1 fully saturated rings. The van der Waals surface area contributed by atoms with Crippen molar-refractivity contribution in [3.8, 4) is 11.1 Å². The topological polar surface area (TPSA) is 6.48 Å². The van der Waals surface area contributed by atoms with E-state index in [0.717, 1.165) is 0 Å². The highest BCUT2D eigenvalue weighted by Gasteiger charge is 2.43. The van der Waals surface area contributed by atoms with Crippen LogP contribution in [-0.2, 0) is 0 Å². The summed E-state index contributed by atoms with van der Waals surface area (Å²) < 4.78 is 0. The predicted molar refractivity (Wildman–Crippen MR) is 231 cm³/mol. The second kappa shape index (κ2) is 12.5. The van der Waals surface area contributed by atoms with E-state index in [-0.39, 0.29) is 6.71 Å². The number of para-hydroxylation sites is 2. The maximum atomic E-state index is 2.57. The highest BCUT2D eigenvalue weighted by Crippen LogP contribution is 2.47. The van der Waals surface area contributed by atoms with Crippen LogP contribution in [0, 0.1) is 6.92 Å². The zero-order chi connectivity index (χ0) is 35.8. The lowest BCUT2D eigenvalue weighted by atomic mass is 9.33. The lowest BCUT2D eigenvalue weighted by Gasteiger charge is -2.44. The van der Waals surface area contributed by atoms with Crippen molar-refractivity contribution < 1.29 is 0 Å². The third kappa shape index (κ3) is 4.95. The summed E-state index contributed by atoms with van der Waals surface area (Å²) in [6, 6.07) is 61.9. The number of aryl methyl sites for hydroxylation is 1. The van der Waals surface area contributed by atoms with Crippen LogP contribution in [0.3, 0.4) is 0 Å². The summed E-state index contributed by atoms with van der Waals surface area (Å²) in [5.74, 6) is 0.569. The summed E-state index contributed by atoms with van der Waals surface area (Å²) in [5, 5.41) is 5.12. The van der Waals surface area contributed by atoms with Gasteiger partial charge in [0.1, 0.15) is 0 Å². The Bertz CT molecular complexity index is 2720. The second-order valence-corrected chi connectivity index (χ2v) is 15.6. The first-order valence-corrected chi connectivity index (χ1v) is 19.7. The number of benzene rings is 8. The first-order valence-electron chi connectivity index (χ1n) is 19.7. The maximum absolute atomic E-state index is 2.57. The van der Waals surface area contributed by atoms with E-state index in [2.05, 4.69) is 181 Å². The third-order valence-corrected chi connectivity index (χ3v) is 12.5. The minimum absolute atomic E-state index is 0.144. The zero-order valence-electron chi connectivity index (χ0n) is 30.7. The number of hydrogen-bond acceptors (Lipinski definition) is 2. The van der Waals surface area contributed by atoms with Gasteiger partial charge in [0, 0.05) is 34.1 Å². The van der Waals surface area contributed by atoms with Crippen molar-refractivity contribution in [2.75, 3.05) is 9.80 Å². The average Bonchev–Trinajstić information content (AvgIpc) is 3.23. The molecular weight excluding hydrogens is 651 g/mol. The monoisotopic (exact) mass is 692 g/mol. The number of fused-ring (bicyclic) bond motifs is 6. The molecule has 3 heteroatoms. The smallest absolute Gasteiger partial charge is 0.252 e. The van der Waals surface area contributed by atoms with Crippen molar-refractivity contribution in [3.63, 3.8) is 0 Å². The lowest BCUT2D eigenvalue weighted by molar-refractivity contribution is 0.444. The van der Waals surface area contributed by atoms with Gasteiger partial charge in [0.2, 0.25) is 0 Å². The van der Waals surface area contributed by atoms with Crippen molar-refractivity contribution >= 4 is 78.8 Å². The van der Waals surface area contributed by atoms with E-state index >= 15 is 0 Å². The Morgan fingerprint density at radius 3 is 1.69 bits per heavy atom. The first-order chi connectivity index (χ1) is 26.7. The largest absolute Gasteiger partial charge is 0.311 e. The normalized spacial score (nSPS) is 14.9. The Kier molecular flexibility index (Phi) is 7.30. The molecule has 2 nitrogen and oxygen atoms in total. The maximum Gasteiger partial charge on any atom is 0.252 e. The van der Waals surface area contributed by atoms with Gasteiger partial charge in [-0.25, -0.2) is 0 Å². The Morgan fingerprint density at radius 2 is 1.04 bits per heavy atom. The number of anilines is 6. The predicted octanol–water partition coefficient (Wildman–Crippen LogP) is 12.1. The van der Waals surface area contributed by atoms with Gasteiger partial charge in [0.25, 0.3) is 6.71 Å². The van der Waals surface area contributed by atoms with Crippen LogP contribution >= 0.6 is 0 Å². The average molecular weight is 693 g/mol. The van der Waals surface area contributed by atoms with Crippen molar-refractivity contribution in [3.05, 3.63) is 175 Å². The van der Waals surface area contributed by atoms with Crippen LogP contribution in [0.4, 0.5) is 34.1 Å². The molecule has 8 aromatic rings. The van der Waals surface area contributed by atoms with E-state index in [1.54, 1.807) is 0 Å². The highest BCUT2D eigenvalue weighted by atomic mass is 15.2. The quantitative estimate of drug-likeness (QED) is 0.134. The Balaban J connectivity index is 1.12. The van der Waals surface area contributed by atoms with Crippen LogP contribution in [0.5, 0.6) is 0 Å². The van der Waals surface area contributed by atoms with Gasteiger partial charge < -0.3 is 9.80 Å². The summed E-state index contributed by atoms with van der Waals surface area (Å²) in [6.07, 6.45) is 6.48. The Labute approximate surface area is 318 Å². The molecule has 0 bridgehead atoms. The third-order valence-electron chi connectivity index (χ3n) is 12.5. The molecule has 258 valence electrons. The summed E-state index contributed by atoms with van der Waals surface area (Å²) in [7, 11) is 0. The molecule has 3 aliphatic rings. The number of rotatable bonds is 4. The SMILES string of the molecule is Cc1ccc(N2c3ccccc3B3c4ccccc4N(c4ccc(-c5cccc6cc7ccccc7cc56)cc4)c4cc(C5CCCCC5)cc2c43)cc1. The molecule has 0 saturated heterocycles. The van der Waals surface area contributed by atoms with Crippen molar-refractivity contribution in [1.29, 1.82) is 0 Å². The molecular formula is C51H41BN2. The van der Waals surface area contributed by atoms with Crippen LogP contribution in [0.25, 0.3) is 32.7 Å². The summed E-state index contributed by atoms with van der Waals surface area (Å²) >= 11 is 0. The number of nitrogens with zero attached hydrogens (tertiary/aromatic N) is 2. The molecule has 2 aliphatic heterocycles. The van der Waals surface area contributed by atoms with Gasteiger partial charge in [-0.05, 0) is 141 Å². The first kappa shape index (κ1) is 31.5. The molecule has 0 radical (unpaired) electrons. The van der Waals surface area contributed by atoms with Crippen molar-refractivity contribution in [1.82, 2.24) is 0 Å². The van der Waals surface area contributed by atoms with E-state index < -0.39 is 0 Å². The van der Waals surface area contributed by atoms with Crippen LogP contribution in [0.15, 0.2) is 164 Å².